The van der Waals surface area contributed by atoms with Gasteiger partial charge in [0.05, 0.1) is 81.5 Å². The molecule has 10 aromatic rings. The predicted octanol–water partition coefficient (Wildman–Crippen LogP) is 9.71. The van der Waals surface area contributed by atoms with Crippen LogP contribution in [0, 0.1) is 0 Å². The number of anilines is 5. The summed E-state index contributed by atoms with van der Waals surface area (Å²) in [7, 11) is -1.79. The molecule has 15 rings (SSSR count). The Morgan fingerprint density at radius 1 is 0.473 bits per heavy atom. The van der Waals surface area contributed by atoms with Crippen molar-refractivity contribution in [3.63, 3.8) is 0 Å². The molecule has 5 aromatic carbocycles. The summed E-state index contributed by atoms with van der Waals surface area (Å²) in [6, 6.07) is 15.7. The zero-order valence-electron chi connectivity index (χ0n) is 61.7. The topological polar surface area (TPSA) is 337 Å². The van der Waals surface area contributed by atoms with Crippen molar-refractivity contribution in [2.75, 3.05) is 170 Å². The maximum Gasteiger partial charge on any atom is 0.416 e. The minimum Gasteiger partial charge on any atom is -0.368 e. The fourth-order valence-electron chi connectivity index (χ4n) is 14.5. The van der Waals surface area contributed by atoms with Crippen LogP contribution in [0.4, 0.5) is 64.4 Å². The summed E-state index contributed by atoms with van der Waals surface area (Å²) in [5.74, 6) is -0.0304. The lowest BCUT2D eigenvalue weighted by Gasteiger charge is -2.47. The number of nitrogens with two attached hydrogens (primary N) is 1. The minimum absolute atomic E-state index is 0.0239. The number of alkyl halides is 6. The van der Waals surface area contributed by atoms with Crippen LogP contribution in [-0.2, 0) is 37.4 Å². The number of amides is 5. The smallest absolute Gasteiger partial charge is 0.368 e. The molecule has 0 spiro atoms. The van der Waals surface area contributed by atoms with E-state index in [0.29, 0.717) is 127 Å². The summed E-state index contributed by atoms with van der Waals surface area (Å²) in [6.07, 6.45) is 0.638. The van der Waals surface area contributed by atoms with E-state index in [1.165, 1.54) is 27.9 Å². The van der Waals surface area contributed by atoms with E-state index in [2.05, 4.69) is 71.0 Å². The highest BCUT2D eigenvalue weighted by Gasteiger charge is 2.42. The van der Waals surface area contributed by atoms with E-state index in [1.807, 2.05) is 77.3 Å². The van der Waals surface area contributed by atoms with Gasteiger partial charge in [0.2, 0.25) is 15.9 Å². The first-order chi connectivity index (χ1) is 51.7. The van der Waals surface area contributed by atoms with Crippen molar-refractivity contribution in [3.8, 4) is 0 Å². The van der Waals surface area contributed by atoms with E-state index < -0.39 is 54.8 Å². The normalized spacial score (nSPS) is 17.5. The van der Waals surface area contributed by atoms with Crippen LogP contribution in [0.15, 0.2) is 91.6 Å². The van der Waals surface area contributed by atoms with Crippen molar-refractivity contribution < 1.29 is 57.6 Å². The lowest BCUT2D eigenvalue weighted by atomic mass is 9.97. The monoisotopic (exact) mass is 1630 g/mol. The highest BCUT2D eigenvalue weighted by molar-refractivity contribution is 7.88. The maximum absolute atomic E-state index is 13.2. The molecule has 5 fully saturated rings. The van der Waals surface area contributed by atoms with E-state index in [4.69, 9.17) is 39.9 Å². The Hall–Kier alpha value is -9.31. The molecule has 10 heterocycles. The number of fused-ring (bicyclic) bond motifs is 5. The Balaban J connectivity index is 0.000000137. The van der Waals surface area contributed by atoms with Crippen LogP contribution < -0.4 is 35.0 Å². The number of piperazine rings is 5. The molecule has 5 aromatic heterocycles. The van der Waals surface area contributed by atoms with Crippen molar-refractivity contribution >= 4 is 156 Å². The van der Waals surface area contributed by atoms with E-state index in [9.17, 15) is 57.6 Å². The molecule has 0 atom stereocenters. The third-order valence-electron chi connectivity index (χ3n) is 19.8. The van der Waals surface area contributed by atoms with Crippen molar-refractivity contribution in [2.24, 2.45) is 5.14 Å². The SMILES string of the molecule is CC(=O)N1CCN(c2cc(C(F)(F)F)cc3[nH]ncc23)CC1(C)C.CC1(C)CN(c2cc(C(F)(F)F)cc3[nH]ncc23)CCN1S(C)(=O)=O.CN(C)C(=O)N1CCN(c2cc(Cl)cc3[nH]ncc23)CC1.CNC(=O)N1CCN(c2cc(Cl)cc3[nH]ncc23)CC1.NS(=O)(=O)N1CCN(c2cc(Cl)cc3[nH]ncc23)CC1. The van der Waals surface area contributed by atoms with Crippen LogP contribution >= 0.6 is 34.8 Å². The maximum atomic E-state index is 13.2. The molecule has 110 heavy (non-hydrogen) atoms. The third kappa shape index (κ3) is 18.7. The molecule has 0 aliphatic carbocycles. The number of carbonyl (C=O) groups is 3. The van der Waals surface area contributed by atoms with E-state index >= 15 is 0 Å². The first-order valence-electron chi connectivity index (χ1n) is 34.9. The first kappa shape index (κ1) is 81.7. The summed E-state index contributed by atoms with van der Waals surface area (Å²) in [5, 5.41) is 48.0. The van der Waals surface area contributed by atoms with Gasteiger partial charge in [0.25, 0.3) is 10.2 Å². The number of hydrogen-bond donors (Lipinski definition) is 7. The zero-order valence-corrected chi connectivity index (χ0v) is 65.6. The number of H-pyrrole nitrogens is 5. The number of carbonyl (C=O) groups excluding carboxylic acids is 3. The number of urea groups is 2. The number of halogens is 9. The van der Waals surface area contributed by atoms with Gasteiger partial charge in [-0.2, -0.15) is 68.9 Å². The van der Waals surface area contributed by atoms with Gasteiger partial charge >= 0.3 is 24.4 Å². The second kappa shape index (κ2) is 32.6. The molecule has 5 aliphatic heterocycles. The number of aromatic nitrogens is 10. The Morgan fingerprint density at radius 2 is 0.791 bits per heavy atom. The number of rotatable bonds is 7. The van der Waals surface area contributed by atoms with Gasteiger partial charge in [-0.25, -0.2) is 23.1 Å². The number of nitrogens with one attached hydrogen (secondary N) is 6. The van der Waals surface area contributed by atoms with Gasteiger partial charge in [-0.15, -0.1) is 0 Å². The Morgan fingerprint density at radius 3 is 1.10 bits per heavy atom. The summed E-state index contributed by atoms with van der Waals surface area (Å²) >= 11 is 18.4. The van der Waals surface area contributed by atoms with Crippen LogP contribution in [-0.4, -0.2) is 270 Å². The highest BCUT2D eigenvalue weighted by atomic mass is 35.5. The van der Waals surface area contributed by atoms with Crippen molar-refractivity contribution in [1.29, 1.82) is 0 Å². The number of benzene rings is 5. The Labute approximate surface area is 645 Å². The second-order valence-corrected chi connectivity index (χ2v) is 33.3. The fraction of sp³-hybridized carbons (Fsp3) is 0.449. The summed E-state index contributed by atoms with van der Waals surface area (Å²) in [4.78, 5) is 52.6. The van der Waals surface area contributed by atoms with Gasteiger partial charge in [0, 0.05) is 222 Å². The number of sulfonamides is 1. The minimum atomic E-state index is -4.47. The Kier molecular flexibility index (Phi) is 24.2. The molecular formula is C69H86Cl3F6N23O7S2. The molecule has 0 radical (unpaired) electrons. The Bertz CT molecular complexity index is 5210. The van der Waals surface area contributed by atoms with Crippen LogP contribution in [0.1, 0.15) is 45.7 Å². The average molecular weight is 1630 g/mol. The van der Waals surface area contributed by atoms with Crippen molar-refractivity contribution in [3.05, 3.63) is 118 Å². The van der Waals surface area contributed by atoms with Crippen LogP contribution in [0.2, 0.25) is 15.1 Å². The van der Waals surface area contributed by atoms with Gasteiger partial charge in [0.1, 0.15) is 0 Å². The fourth-order valence-corrected chi connectivity index (χ4v) is 17.2. The quantitative estimate of drug-likeness (QED) is 0.0730. The molecule has 0 bridgehead atoms. The second-order valence-electron chi connectivity index (χ2n) is 28.5. The molecule has 8 N–H and O–H groups in total. The lowest BCUT2D eigenvalue weighted by molar-refractivity contribution is -0.138. The molecule has 30 nitrogen and oxygen atoms in total. The molecule has 41 heteroatoms. The molecule has 5 aliphatic rings. The lowest BCUT2D eigenvalue weighted by Crippen LogP contribution is -2.60. The number of aromatic amines is 5. The van der Waals surface area contributed by atoms with E-state index in [0.717, 1.165) is 106 Å². The van der Waals surface area contributed by atoms with Gasteiger partial charge in [0.15, 0.2) is 0 Å². The first-order valence-corrected chi connectivity index (χ1v) is 39.4. The third-order valence-corrected chi connectivity index (χ3v) is 23.0. The van der Waals surface area contributed by atoms with Gasteiger partial charge in [-0.3, -0.25) is 30.3 Å². The summed E-state index contributed by atoms with van der Waals surface area (Å²) in [6.45, 7) is 18.9. The van der Waals surface area contributed by atoms with Crippen molar-refractivity contribution in [1.82, 2.24) is 84.5 Å². The van der Waals surface area contributed by atoms with Crippen molar-refractivity contribution in [2.45, 2.75) is 58.0 Å². The van der Waals surface area contributed by atoms with Crippen LogP contribution in [0.3, 0.4) is 0 Å². The van der Waals surface area contributed by atoms with Crippen LogP contribution in [0.5, 0.6) is 0 Å². The van der Waals surface area contributed by atoms with Gasteiger partial charge in [-0.05, 0) is 88.4 Å². The number of hydrogen-bond acceptors (Lipinski definition) is 17. The van der Waals surface area contributed by atoms with Crippen LogP contribution in [0.25, 0.3) is 54.5 Å². The molecule has 0 unspecified atom stereocenters. The molecule has 5 amide bonds. The van der Waals surface area contributed by atoms with Gasteiger partial charge in [-0.1, -0.05) is 34.8 Å². The standard InChI is InChI=1S/C16H19F3N4O.C15H19F3N4O2S.C14H18ClN5O.C13H16ClN5O.C11H14ClN5O2S/c1-10(24)23-5-4-22(9-15(23,2)3)14-7-11(16(17,18)19)6-13-12(14)8-20-21-13;1-14(2)9-21(4-5-22(14)25(3,23)24)13-7-10(15(16,17)18)6-12-11(13)8-19-20-12;1-18(2)14(21)20-5-3-19(4-6-20)13-8-10(15)7-12-11(13)9-16-17-12;1-15-13(20)19-4-2-18(3-5-19)12-7-9(14)6-11-10(12)8-16-17-11;12-8-5-10-9(7-14-15-10)11(6-8)16-1-3-17(4-2-16)20(13,18)19/h6-8H,4-5,9H2,1-3H3,(H,20,21);6-8H,4-5,9H2,1-3H3,(H,19,20);7-9H,3-6H2,1-2H3,(H,16,17);6-8H,2-5H2,1H3,(H,15,20)(H,16,17);5-7H,1-4H2,(H,14,15)(H2,13,18,19). The van der Waals surface area contributed by atoms with E-state index in [1.54, 1.807) is 55.9 Å². The van der Waals surface area contributed by atoms with Gasteiger partial charge < -0.3 is 49.4 Å². The highest BCUT2D eigenvalue weighted by Crippen LogP contribution is 2.41. The van der Waals surface area contributed by atoms with E-state index in [-0.39, 0.29) is 31.1 Å². The summed E-state index contributed by atoms with van der Waals surface area (Å²) in [5.41, 5.74) is 4.70. The molecule has 5 saturated heterocycles. The predicted molar refractivity (Wildman–Crippen MR) is 415 cm³/mol. The molecular weight excluding hydrogens is 1550 g/mol. The molecule has 594 valence electrons. The largest absolute Gasteiger partial charge is 0.416 e. The molecule has 0 saturated carbocycles. The average Bonchev–Trinajstić information content (AvgIpc) is 1.23. The summed E-state index contributed by atoms with van der Waals surface area (Å²) < 4.78 is 128. The number of nitrogens with zero attached hydrogens (tertiary/aromatic N) is 16. The zero-order chi connectivity index (χ0) is 79.7.